The molecule has 0 bridgehead atoms. The van der Waals surface area contributed by atoms with Crippen LogP contribution in [0.1, 0.15) is 27.0 Å². The van der Waals surface area contributed by atoms with Gasteiger partial charge in [0.25, 0.3) is 0 Å². The molecule has 0 heterocycles. The monoisotopic (exact) mass is 300 g/mol. The van der Waals surface area contributed by atoms with Gasteiger partial charge < -0.3 is 4.74 Å². The van der Waals surface area contributed by atoms with Crippen LogP contribution in [0.25, 0.3) is 11.1 Å². The molecule has 4 rings (SSSR count). The Morgan fingerprint density at radius 3 is 2.43 bits per heavy atom. The maximum Gasteiger partial charge on any atom is 0.343 e. The number of esters is 1. The molecule has 112 valence electrons. The van der Waals surface area contributed by atoms with Gasteiger partial charge in [-0.1, -0.05) is 48.5 Å². The summed E-state index contributed by atoms with van der Waals surface area (Å²) in [6.45, 7) is 2.03. The van der Waals surface area contributed by atoms with Crippen LogP contribution in [0.5, 0.6) is 5.75 Å². The second-order valence-corrected chi connectivity index (χ2v) is 5.80. The molecular weight excluding hydrogens is 284 g/mol. The van der Waals surface area contributed by atoms with Crippen molar-refractivity contribution < 1.29 is 9.53 Å². The highest BCUT2D eigenvalue weighted by atomic mass is 16.5. The number of carbonyl (C=O) groups excluding carboxylic acids is 1. The van der Waals surface area contributed by atoms with E-state index >= 15 is 0 Å². The molecular formula is C21H16O2. The topological polar surface area (TPSA) is 26.3 Å². The molecule has 2 nitrogen and oxygen atoms in total. The minimum atomic E-state index is -0.316. The molecule has 0 amide bonds. The van der Waals surface area contributed by atoms with Crippen LogP contribution in [0.15, 0.2) is 66.7 Å². The van der Waals surface area contributed by atoms with Gasteiger partial charge in [0.15, 0.2) is 0 Å². The average Bonchev–Trinajstić information content (AvgIpc) is 2.98. The minimum Gasteiger partial charge on any atom is -0.423 e. The van der Waals surface area contributed by atoms with Gasteiger partial charge in [-0.3, -0.25) is 0 Å². The molecule has 1 aliphatic carbocycles. The van der Waals surface area contributed by atoms with E-state index in [2.05, 4.69) is 30.3 Å². The van der Waals surface area contributed by atoms with Gasteiger partial charge in [-0.2, -0.15) is 0 Å². The molecule has 0 fully saturated rings. The van der Waals surface area contributed by atoms with E-state index in [0.717, 1.165) is 12.0 Å². The third kappa shape index (κ3) is 2.33. The summed E-state index contributed by atoms with van der Waals surface area (Å²) in [7, 11) is 0. The zero-order chi connectivity index (χ0) is 15.8. The summed E-state index contributed by atoms with van der Waals surface area (Å²) >= 11 is 0. The van der Waals surface area contributed by atoms with Gasteiger partial charge in [0.05, 0.1) is 5.56 Å². The van der Waals surface area contributed by atoms with E-state index in [1.165, 1.54) is 22.3 Å². The van der Waals surface area contributed by atoms with Crippen LogP contribution in [0.3, 0.4) is 0 Å². The summed E-state index contributed by atoms with van der Waals surface area (Å²) in [5, 5.41) is 0. The normalized spacial score (nSPS) is 11.7. The summed E-state index contributed by atoms with van der Waals surface area (Å²) in [5.41, 5.74) is 6.73. The van der Waals surface area contributed by atoms with Crippen molar-refractivity contribution in [3.8, 4) is 16.9 Å². The van der Waals surface area contributed by atoms with Gasteiger partial charge in [-0.15, -0.1) is 0 Å². The second kappa shape index (κ2) is 5.40. The van der Waals surface area contributed by atoms with Crippen molar-refractivity contribution in [2.45, 2.75) is 13.3 Å². The lowest BCUT2D eigenvalue weighted by Gasteiger charge is -2.11. The highest BCUT2D eigenvalue weighted by Gasteiger charge is 2.22. The average molecular weight is 300 g/mol. The first kappa shape index (κ1) is 13.8. The third-order valence-electron chi connectivity index (χ3n) is 4.44. The molecule has 3 aromatic carbocycles. The summed E-state index contributed by atoms with van der Waals surface area (Å²) in [6, 6.07) is 21.5. The summed E-state index contributed by atoms with van der Waals surface area (Å²) < 4.78 is 5.62. The van der Waals surface area contributed by atoms with Crippen molar-refractivity contribution in [1.82, 2.24) is 0 Å². The Balaban J connectivity index is 1.68. The van der Waals surface area contributed by atoms with E-state index in [1.807, 2.05) is 31.2 Å². The molecule has 0 aliphatic heterocycles. The molecule has 3 aromatic rings. The number of ether oxygens (including phenoxy) is 1. The quantitative estimate of drug-likeness (QED) is 0.393. The molecule has 0 unspecified atom stereocenters. The second-order valence-electron chi connectivity index (χ2n) is 5.80. The van der Waals surface area contributed by atoms with E-state index in [4.69, 9.17) is 4.74 Å². The predicted molar refractivity (Wildman–Crippen MR) is 90.8 cm³/mol. The lowest BCUT2D eigenvalue weighted by atomic mass is 10.0. The Morgan fingerprint density at radius 2 is 1.61 bits per heavy atom. The number of rotatable bonds is 2. The predicted octanol–water partition coefficient (Wildman–Crippen LogP) is 4.79. The largest absolute Gasteiger partial charge is 0.423 e. The van der Waals surface area contributed by atoms with Crippen LogP contribution >= 0.6 is 0 Å². The SMILES string of the molecule is Cc1c(OC(=O)c2ccccc2)ccc2c1Cc1ccccc1-2. The Bertz CT molecular complexity index is 895. The Morgan fingerprint density at radius 1 is 0.870 bits per heavy atom. The molecule has 0 saturated carbocycles. The summed E-state index contributed by atoms with van der Waals surface area (Å²) in [4.78, 5) is 12.3. The molecule has 0 saturated heterocycles. The third-order valence-corrected chi connectivity index (χ3v) is 4.44. The fraction of sp³-hybridized carbons (Fsp3) is 0.0952. The lowest BCUT2D eigenvalue weighted by molar-refractivity contribution is 0.0733. The number of carbonyl (C=O) groups is 1. The molecule has 0 spiro atoms. The molecule has 23 heavy (non-hydrogen) atoms. The summed E-state index contributed by atoms with van der Waals surface area (Å²) in [6.07, 6.45) is 0.897. The van der Waals surface area contributed by atoms with Crippen molar-refractivity contribution in [1.29, 1.82) is 0 Å². The van der Waals surface area contributed by atoms with Gasteiger partial charge in [0.1, 0.15) is 5.75 Å². The van der Waals surface area contributed by atoms with Crippen LogP contribution in [0, 0.1) is 6.92 Å². The number of hydrogen-bond acceptors (Lipinski definition) is 2. The van der Waals surface area contributed by atoms with Crippen molar-refractivity contribution in [3.63, 3.8) is 0 Å². The summed E-state index contributed by atoms with van der Waals surface area (Å²) in [5.74, 6) is 0.328. The fourth-order valence-electron chi connectivity index (χ4n) is 3.19. The first-order valence-electron chi connectivity index (χ1n) is 7.72. The first-order chi connectivity index (χ1) is 11.2. The number of hydrogen-bond donors (Lipinski definition) is 0. The van der Waals surface area contributed by atoms with Crippen LogP contribution < -0.4 is 4.74 Å². The van der Waals surface area contributed by atoms with Crippen LogP contribution in [0.2, 0.25) is 0 Å². The van der Waals surface area contributed by atoms with Crippen LogP contribution in [-0.4, -0.2) is 5.97 Å². The van der Waals surface area contributed by atoms with E-state index in [9.17, 15) is 4.79 Å². The minimum absolute atomic E-state index is 0.316. The zero-order valence-corrected chi connectivity index (χ0v) is 12.9. The van der Waals surface area contributed by atoms with Gasteiger partial charge >= 0.3 is 5.97 Å². The Labute approximate surface area is 135 Å². The number of fused-ring (bicyclic) bond motifs is 3. The van der Waals surface area contributed by atoms with Crippen molar-refractivity contribution in [2.24, 2.45) is 0 Å². The van der Waals surface area contributed by atoms with Crippen molar-refractivity contribution >= 4 is 5.97 Å². The smallest absolute Gasteiger partial charge is 0.343 e. The van der Waals surface area contributed by atoms with Crippen molar-refractivity contribution in [2.75, 3.05) is 0 Å². The Hall–Kier alpha value is -2.87. The maximum absolute atomic E-state index is 12.3. The zero-order valence-electron chi connectivity index (χ0n) is 12.9. The first-order valence-corrected chi connectivity index (χ1v) is 7.72. The highest BCUT2D eigenvalue weighted by Crippen LogP contribution is 2.40. The van der Waals surface area contributed by atoms with Gasteiger partial charge in [-0.05, 0) is 59.4 Å². The molecule has 2 heteroatoms. The molecule has 0 atom stereocenters. The molecule has 1 aliphatic rings. The van der Waals surface area contributed by atoms with Crippen LogP contribution in [-0.2, 0) is 6.42 Å². The van der Waals surface area contributed by atoms with Gasteiger partial charge in [0, 0.05) is 0 Å². The van der Waals surface area contributed by atoms with Crippen molar-refractivity contribution in [3.05, 3.63) is 89.0 Å². The molecule has 0 N–H and O–H groups in total. The fourth-order valence-corrected chi connectivity index (χ4v) is 3.19. The van der Waals surface area contributed by atoms with E-state index < -0.39 is 0 Å². The molecule has 0 radical (unpaired) electrons. The lowest BCUT2D eigenvalue weighted by Crippen LogP contribution is -2.09. The maximum atomic E-state index is 12.3. The Kier molecular flexibility index (Phi) is 3.23. The van der Waals surface area contributed by atoms with Crippen LogP contribution in [0.4, 0.5) is 0 Å². The highest BCUT2D eigenvalue weighted by molar-refractivity contribution is 5.91. The van der Waals surface area contributed by atoms with Gasteiger partial charge in [0.2, 0.25) is 0 Å². The van der Waals surface area contributed by atoms with E-state index in [0.29, 0.717) is 11.3 Å². The molecule has 0 aromatic heterocycles. The van der Waals surface area contributed by atoms with E-state index in [1.54, 1.807) is 12.1 Å². The van der Waals surface area contributed by atoms with Gasteiger partial charge in [-0.25, -0.2) is 4.79 Å². The number of benzene rings is 3. The van der Waals surface area contributed by atoms with E-state index in [-0.39, 0.29) is 5.97 Å². The standard InChI is InChI=1S/C21H16O2/c1-14-19-13-16-9-5-6-10-17(16)18(19)11-12-20(14)23-21(22)15-7-3-2-4-8-15/h2-12H,13H2,1H3.